The Morgan fingerprint density at radius 1 is 0.293 bits per heavy atom. The Hall–Kier alpha value is -7.95. The summed E-state index contributed by atoms with van der Waals surface area (Å²) < 4.78 is 87.1. The Labute approximate surface area is 825 Å². The molecule has 16 saturated carbocycles. The van der Waals surface area contributed by atoms with Gasteiger partial charge in [-0.05, 0) is 300 Å². The van der Waals surface area contributed by atoms with E-state index >= 15 is 0 Å². The second-order valence-electron chi connectivity index (χ2n) is 49.9. The molecule has 0 amide bonds. The van der Waals surface area contributed by atoms with E-state index < -0.39 is 164 Å². The van der Waals surface area contributed by atoms with Gasteiger partial charge in [-0.15, -0.1) is 0 Å². The van der Waals surface area contributed by atoms with Gasteiger partial charge < -0.3 is 71.1 Å². The van der Waals surface area contributed by atoms with Crippen molar-refractivity contribution in [1.29, 1.82) is 0 Å². The lowest BCUT2D eigenvalue weighted by atomic mass is 9.77. The third-order valence-electron chi connectivity index (χ3n) is 39.9. The maximum absolute atomic E-state index is 13.5. The average Bonchev–Trinajstić information content (AvgIpc) is 1.56. The lowest BCUT2D eigenvalue weighted by molar-refractivity contribution is -0.182. The molecule has 30 heteroatoms. The van der Waals surface area contributed by atoms with Crippen molar-refractivity contribution >= 4 is 89.5 Å². The van der Waals surface area contributed by atoms with Crippen LogP contribution in [0, 0.1) is 157 Å². The van der Waals surface area contributed by atoms with Crippen LogP contribution in [0.15, 0.2) is 0 Å². The number of hydrogen-bond acceptors (Lipinski definition) is 30. The second-order valence-corrected chi connectivity index (χ2v) is 49.9. The van der Waals surface area contributed by atoms with E-state index in [-0.39, 0.29) is 160 Å². The van der Waals surface area contributed by atoms with Crippen LogP contribution in [-0.4, -0.2) is 179 Å². The van der Waals surface area contributed by atoms with Crippen molar-refractivity contribution in [3.63, 3.8) is 0 Å². The smallest absolute Gasteiger partial charge is 0.311 e. The highest BCUT2D eigenvalue weighted by molar-refractivity contribution is 5.91. The average molecular weight is 1960 g/mol. The number of esters is 15. The van der Waals surface area contributed by atoms with E-state index in [2.05, 4.69) is 13.8 Å². The van der Waals surface area contributed by atoms with Gasteiger partial charge in [-0.2, -0.15) is 0 Å². The van der Waals surface area contributed by atoms with E-state index in [1.165, 1.54) is 19.3 Å². The number of fused-ring (bicyclic) bond motifs is 7. The number of hydrogen-bond donors (Lipinski definition) is 0. The van der Waals surface area contributed by atoms with E-state index in [1.807, 2.05) is 118 Å². The summed E-state index contributed by atoms with van der Waals surface area (Å²) in [5, 5.41) is 0. The minimum atomic E-state index is -0.602. The fourth-order valence-electron chi connectivity index (χ4n) is 29.3. The van der Waals surface area contributed by atoms with Crippen LogP contribution in [0.1, 0.15) is 350 Å². The molecule has 0 spiro atoms. The monoisotopic (exact) mass is 1960 g/mol. The largest absolute Gasteiger partial charge is 0.462 e. The van der Waals surface area contributed by atoms with Crippen molar-refractivity contribution in [2.24, 2.45) is 157 Å². The first-order valence-electron chi connectivity index (χ1n) is 54.3. The number of ether oxygens (including phenoxy) is 15. The first-order chi connectivity index (χ1) is 66.1. The van der Waals surface area contributed by atoms with E-state index in [0.717, 1.165) is 135 Å². The van der Waals surface area contributed by atoms with Gasteiger partial charge in [0.1, 0.15) is 89.5 Å². The van der Waals surface area contributed by atoms with Gasteiger partial charge in [0.05, 0.1) is 86.3 Å². The predicted octanol–water partition coefficient (Wildman–Crippen LogP) is 16.5. The maximum Gasteiger partial charge on any atom is 0.311 e. The normalized spacial score (nSPS) is 39.8. The topological polar surface area (TPSA) is 394 Å². The molecule has 0 N–H and O–H groups in total. The third-order valence-corrected chi connectivity index (χ3v) is 39.9. The van der Waals surface area contributed by atoms with Crippen molar-refractivity contribution in [3.8, 4) is 0 Å². The number of rotatable bonds is 27. The molecule has 21 rings (SSSR count). The summed E-state index contributed by atoms with van der Waals surface area (Å²) in [6, 6.07) is 0. The summed E-state index contributed by atoms with van der Waals surface area (Å²) in [5.41, 5.74) is -4.65. The Kier molecular flexibility index (Phi) is 28.7. The molecule has 30 nitrogen and oxygen atoms in total. The van der Waals surface area contributed by atoms with E-state index in [0.29, 0.717) is 76.0 Å². The molecule has 12 bridgehead atoms. The van der Waals surface area contributed by atoms with E-state index in [4.69, 9.17) is 71.1 Å². The molecule has 5 aliphatic heterocycles. The molecular weight excluding hydrogens is 1800 g/mol. The van der Waals surface area contributed by atoms with Gasteiger partial charge in [-0.1, -0.05) is 61.3 Å². The molecule has 33 atom stereocenters. The highest BCUT2D eigenvalue weighted by Crippen LogP contribution is 2.67. The molecule has 21 fully saturated rings. The standard InChI is InChI=1S/C24H34O6.2C22H32O6.2C21H30O6/c1-5-23(3,4)22(27)29-19-15-10-14-16(20(25)28-18(14)19)17(15)21(26)30-24(6-2)11-12-7-8-13(24)9-12;1-5-21(2,3)20(25)27-17-13-11-12-14(18(23)26-16(12)17)15(13)19(24)28-22(4)9-7-6-8-10-22;1-5-21(3,4)20(25)27-17-13-11-12-14(18(23)26-16(12)17)15(13)19(24)28-22(6-2)9-7-8-10-22;1-5-20(2,3)19(24)26-16-12-10-11-13(17(22)25-15(11)16)14(12)18(23)27-21(4)8-6-7-9-21;1-4-21(2,3)20(24)27-17-13-10-12-15(19(23)26-16(12)17)14(13)18(22)25-11-8-6-5-7-9-11/h12-19H,5-11H2,1-4H3;2*12-17H,5-11H2,1-4H3;11-16H,5-10H2,1-4H3;11-17H,4-10H2,1-3H3. The minimum absolute atomic E-state index is 0.0334. The third kappa shape index (κ3) is 18.4. The van der Waals surface area contributed by atoms with Crippen LogP contribution in [0.3, 0.4) is 0 Å². The first kappa shape index (κ1) is 103. The fourth-order valence-corrected chi connectivity index (χ4v) is 29.3. The highest BCUT2D eigenvalue weighted by atomic mass is 16.6. The zero-order valence-corrected chi connectivity index (χ0v) is 86.3. The Morgan fingerprint density at radius 2 is 0.557 bits per heavy atom. The van der Waals surface area contributed by atoms with Crippen LogP contribution in [-0.2, 0) is 143 Å². The van der Waals surface area contributed by atoms with Crippen molar-refractivity contribution in [1.82, 2.24) is 0 Å². The van der Waals surface area contributed by atoms with Gasteiger partial charge in [0.2, 0.25) is 0 Å². The summed E-state index contributed by atoms with van der Waals surface area (Å²) >= 11 is 0. The summed E-state index contributed by atoms with van der Waals surface area (Å²) in [4.78, 5) is 192. The SMILES string of the molecule is CCC(C)(C)C(=O)OC1C2CC3C1OC(=O)C3C2C(=O)OC1(C)CCCC1.CCC(C)(C)C(=O)OC1C2CC3C1OC(=O)C3C2C(=O)OC1(C)CCCCC1.CCC(C)(C)C(=O)OC1C2CC3C1OC(=O)C3C2C(=O)OC1(CC)CC2CCC1C2.CCC(C)(C)C(=O)OC1C2CC3C1OC(=O)C3C2C(=O)OC1CCCCC1.CCC1(OC(=O)C2C3CC4C(OC(=O)C42)C3OC(=O)C(C)(C)CC)CCCC1. The number of carbonyl (C=O) groups is 15. The molecule has 140 heavy (non-hydrogen) atoms. The van der Waals surface area contributed by atoms with Crippen molar-refractivity contribution in [2.75, 3.05) is 0 Å². The van der Waals surface area contributed by atoms with Gasteiger partial charge >= 0.3 is 89.5 Å². The van der Waals surface area contributed by atoms with Crippen LogP contribution in [0.25, 0.3) is 0 Å². The van der Waals surface area contributed by atoms with E-state index in [9.17, 15) is 71.9 Å². The maximum atomic E-state index is 13.5. The van der Waals surface area contributed by atoms with Crippen LogP contribution >= 0.6 is 0 Å². The highest BCUT2D eigenvalue weighted by Gasteiger charge is 2.77. The van der Waals surface area contributed by atoms with Crippen LogP contribution in [0.4, 0.5) is 0 Å². The summed E-state index contributed by atoms with van der Waals surface area (Å²) in [7, 11) is 0. The van der Waals surface area contributed by atoms with Crippen LogP contribution in [0.5, 0.6) is 0 Å². The molecule has 0 aromatic carbocycles. The lowest BCUT2D eigenvalue weighted by Gasteiger charge is -2.39. The Bertz CT molecular complexity index is 4780. The molecule has 33 unspecified atom stereocenters. The number of carbonyl (C=O) groups excluding carboxylic acids is 15. The lowest BCUT2D eigenvalue weighted by Crippen LogP contribution is -2.48. The summed E-state index contributed by atoms with van der Waals surface area (Å²) in [6.45, 7) is 36.4. The Morgan fingerprint density at radius 3 is 0.821 bits per heavy atom. The van der Waals surface area contributed by atoms with Gasteiger partial charge in [0, 0.05) is 59.2 Å². The van der Waals surface area contributed by atoms with Crippen LogP contribution < -0.4 is 0 Å². The molecule has 0 aromatic rings. The predicted molar refractivity (Wildman–Crippen MR) is 498 cm³/mol. The van der Waals surface area contributed by atoms with Gasteiger partial charge in [-0.25, -0.2) is 0 Å². The van der Waals surface area contributed by atoms with Gasteiger partial charge in [0.15, 0.2) is 0 Å². The van der Waals surface area contributed by atoms with E-state index in [1.54, 1.807) is 0 Å². The van der Waals surface area contributed by atoms with Crippen molar-refractivity contribution < 1.29 is 143 Å². The molecule has 0 aromatic heterocycles. The Balaban J connectivity index is 0.000000121. The fraction of sp³-hybridized carbons (Fsp3) is 0.864. The molecule has 16 aliphatic carbocycles. The molecule has 5 saturated heterocycles. The second kappa shape index (κ2) is 38.8. The van der Waals surface area contributed by atoms with Crippen molar-refractivity contribution in [2.45, 2.75) is 439 Å². The quantitative estimate of drug-likeness (QED) is 0.0544. The molecule has 21 aliphatic rings. The first-order valence-corrected chi connectivity index (χ1v) is 54.3. The zero-order chi connectivity index (χ0) is 101. The summed E-state index contributed by atoms with van der Waals surface area (Å²) in [6.07, 6.45) is 25.9. The van der Waals surface area contributed by atoms with Crippen molar-refractivity contribution in [3.05, 3.63) is 0 Å². The molecule has 0 radical (unpaired) electrons. The zero-order valence-electron chi connectivity index (χ0n) is 86.3. The molecule has 5 heterocycles. The summed E-state index contributed by atoms with van der Waals surface area (Å²) in [5.74, 6) is -9.55. The minimum Gasteiger partial charge on any atom is -0.462 e. The van der Waals surface area contributed by atoms with Gasteiger partial charge in [-0.3, -0.25) is 71.9 Å². The van der Waals surface area contributed by atoms with Crippen LogP contribution in [0.2, 0.25) is 0 Å². The molecule has 778 valence electrons. The molecular formula is C110H158O30. The van der Waals surface area contributed by atoms with Gasteiger partial charge in [0.25, 0.3) is 0 Å².